The Bertz CT molecular complexity index is 329. The molecule has 0 unspecified atom stereocenters. The van der Waals surface area contributed by atoms with Gasteiger partial charge in [0, 0.05) is 12.6 Å². The van der Waals surface area contributed by atoms with E-state index in [1.54, 1.807) is 7.05 Å². The normalized spacial score (nSPS) is 11.5. The molecule has 13 heavy (non-hydrogen) atoms. The van der Waals surface area contributed by atoms with Gasteiger partial charge in [-0.15, -0.1) is 0 Å². The zero-order valence-electron chi connectivity index (χ0n) is 8.26. The van der Waals surface area contributed by atoms with E-state index in [4.69, 9.17) is 5.84 Å². The fraction of sp³-hybridized carbons (Fsp3) is 0.300. The standard InChI is InChI=1S/C10H15N3/c1-7-4-5-8(2)9(6-7)10(12-3)13-11/h4-6H,11H2,1-3H3,(H,12,13). The summed E-state index contributed by atoms with van der Waals surface area (Å²) in [5, 5.41) is 0. The van der Waals surface area contributed by atoms with E-state index >= 15 is 0 Å². The van der Waals surface area contributed by atoms with Gasteiger partial charge in [0.2, 0.25) is 0 Å². The van der Waals surface area contributed by atoms with E-state index in [1.165, 1.54) is 11.1 Å². The lowest BCUT2D eigenvalue weighted by Crippen LogP contribution is -2.31. The third-order valence-corrected chi connectivity index (χ3v) is 2.01. The van der Waals surface area contributed by atoms with Gasteiger partial charge in [0.15, 0.2) is 0 Å². The monoisotopic (exact) mass is 177 g/mol. The lowest BCUT2D eigenvalue weighted by molar-refractivity contribution is 1.01. The molecule has 3 nitrogen and oxygen atoms in total. The topological polar surface area (TPSA) is 50.4 Å². The predicted molar refractivity (Wildman–Crippen MR) is 55.7 cm³/mol. The maximum atomic E-state index is 5.35. The van der Waals surface area contributed by atoms with E-state index in [2.05, 4.69) is 28.6 Å². The number of benzene rings is 1. The SMILES string of the molecule is CN=C(NN)c1cc(C)ccc1C. The third-order valence-electron chi connectivity index (χ3n) is 2.01. The Labute approximate surface area is 78.6 Å². The minimum absolute atomic E-state index is 0.723. The number of nitrogens with two attached hydrogens (primary N) is 1. The molecular weight excluding hydrogens is 162 g/mol. The molecule has 0 aromatic heterocycles. The maximum absolute atomic E-state index is 5.35. The molecule has 0 bridgehead atoms. The first-order valence-electron chi connectivity index (χ1n) is 4.20. The zero-order valence-corrected chi connectivity index (χ0v) is 8.26. The molecule has 1 aromatic carbocycles. The van der Waals surface area contributed by atoms with Gasteiger partial charge in [0.25, 0.3) is 0 Å². The van der Waals surface area contributed by atoms with Crippen LogP contribution in [0.3, 0.4) is 0 Å². The first-order chi connectivity index (χ1) is 6.19. The smallest absolute Gasteiger partial charge is 0.142 e. The van der Waals surface area contributed by atoms with Gasteiger partial charge < -0.3 is 5.43 Å². The van der Waals surface area contributed by atoms with E-state index in [9.17, 15) is 0 Å². The predicted octanol–water partition coefficient (Wildman–Crippen LogP) is 1.14. The molecule has 3 heteroatoms. The molecule has 70 valence electrons. The van der Waals surface area contributed by atoms with Crippen molar-refractivity contribution < 1.29 is 0 Å². The van der Waals surface area contributed by atoms with Crippen LogP contribution in [0.15, 0.2) is 23.2 Å². The highest BCUT2D eigenvalue weighted by molar-refractivity contribution is 5.99. The number of hydrogen-bond donors (Lipinski definition) is 2. The molecule has 0 atom stereocenters. The molecule has 0 fully saturated rings. The summed E-state index contributed by atoms with van der Waals surface area (Å²) in [6, 6.07) is 6.20. The van der Waals surface area contributed by atoms with Crippen LogP contribution >= 0.6 is 0 Å². The van der Waals surface area contributed by atoms with Crippen molar-refractivity contribution in [3.63, 3.8) is 0 Å². The van der Waals surface area contributed by atoms with Crippen molar-refractivity contribution in [1.29, 1.82) is 0 Å². The largest absolute Gasteiger partial charge is 0.308 e. The molecule has 0 aliphatic heterocycles. The van der Waals surface area contributed by atoms with Gasteiger partial charge in [-0.05, 0) is 25.5 Å². The average molecular weight is 177 g/mol. The van der Waals surface area contributed by atoms with Crippen LogP contribution in [0.2, 0.25) is 0 Å². The first-order valence-corrected chi connectivity index (χ1v) is 4.20. The molecule has 0 saturated heterocycles. The molecule has 3 N–H and O–H groups in total. The van der Waals surface area contributed by atoms with E-state index < -0.39 is 0 Å². The number of amidine groups is 1. The second-order valence-corrected chi connectivity index (χ2v) is 3.03. The molecule has 1 aromatic rings. The van der Waals surface area contributed by atoms with E-state index in [-0.39, 0.29) is 0 Å². The highest BCUT2D eigenvalue weighted by atomic mass is 15.2. The van der Waals surface area contributed by atoms with E-state index in [1.807, 2.05) is 13.8 Å². The molecule has 0 aliphatic carbocycles. The van der Waals surface area contributed by atoms with Gasteiger partial charge in [-0.1, -0.05) is 17.7 Å². The average Bonchev–Trinajstić information content (AvgIpc) is 2.13. The van der Waals surface area contributed by atoms with Crippen molar-refractivity contribution in [3.8, 4) is 0 Å². The van der Waals surface area contributed by atoms with Crippen LogP contribution in [-0.4, -0.2) is 12.9 Å². The Hall–Kier alpha value is -1.35. The Balaban J connectivity index is 3.19. The van der Waals surface area contributed by atoms with Crippen LogP contribution in [-0.2, 0) is 0 Å². The number of nitrogens with zero attached hydrogens (tertiary/aromatic N) is 1. The quantitative estimate of drug-likeness (QED) is 0.292. The summed E-state index contributed by atoms with van der Waals surface area (Å²) in [6.45, 7) is 4.09. The van der Waals surface area contributed by atoms with Gasteiger partial charge in [0.05, 0.1) is 0 Å². The number of hydrogen-bond acceptors (Lipinski definition) is 2. The molecule has 0 aliphatic rings. The summed E-state index contributed by atoms with van der Waals surface area (Å²) in [4.78, 5) is 4.06. The first kappa shape index (κ1) is 9.74. The zero-order chi connectivity index (χ0) is 9.84. The van der Waals surface area contributed by atoms with Crippen LogP contribution < -0.4 is 11.3 Å². The van der Waals surface area contributed by atoms with E-state index in [0.29, 0.717) is 0 Å². The van der Waals surface area contributed by atoms with Crippen molar-refractivity contribution in [3.05, 3.63) is 34.9 Å². The summed E-state index contributed by atoms with van der Waals surface area (Å²) in [6.07, 6.45) is 0. The minimum atomic E-state index is 0.723. The highest BCUT2D eigenvalue weighted by Gasteiger charge is 2.03. The number of rotatable bonds is 1. The molecular formula is C10H15N3. The Morgan fingerprint density at radius 2 is 2.08 bits per heavy atom. The number of nitrogens with one attached hydrogen (secondary N) is 1. The summed E-state index contributed by atoms with van der Waals surface area (Å²) in [5.41, 5.74) is 6.02. The van der Waals surface area contributed by atoms with Crippen molar-refractivity contribution in [2.24, 2.45) is 10.8 Å². The molecule has 1 rings (SSSR count). The number of hydrazine groups is 1. The summed E-state index contributed by atoms with van der Waals surface area (Å²) >= 11 is 0. The van der Waals surface area contributed by atoms with Crippen LogP contribution in [0.1, 0.15) is 16.7 Å². The van der Waals surface area contributed by atoms with Crippen molar-refractivity contribution >= 4 is 5.84 Å². The Morgan fingerprint density at radius 1 is 1.38 bits per heavy atom. The molecule has 0 saturated carbocycles. The fourth-order valence-corrected chi connectivity index (χ4v) is 1.25. The summed E-state index contributed by atoms with van der Waals surface area (Å²) in [7, 11) is 1.72. The maximum Gasteiger partial charge on any atom is 0.142 e. The van der Waals surface area contributed by atoms with Crippen LogP contribution in [0.5, 0.6) is 0 Å². The number of aliphatic imine (C=N–C) groups is 1. The molecule has 0 amide bonds. The van der Waals surface area contributed by atoms with Gasteiger partial charge >= 0.3 is 0 Å². The van der Waals surface area contributed by atoms with Gasteiger partial charge in [0.1, 0.15) is 5.84 Å². The van der Waals surface area contributed by atoms with Crippen LogP contribution in [0.4, 0.5) is 0 Å². The second kappa shape index (κ2) is 4.05. The number of aryl methyl sites for hydroxylation is 2. The Morgan fingerprint density at radius 3 is 2.62 bits per heavy atom. The lowest BCUT2D eigenvalue weighted by Gasteiger charge is -2.08. The molecule has 0 radical (unpaired) electrons. The summed E-state index contributed by atoms with van der Waals surface area (Å²) in [5.74, 6) is 6.08. The van der Waals surface area contributed by atoms with Crippen molar-refractivity contribution in [2.45, 2.75) is 13.8 Å². The summed E-state index contributed by atoms with van der Waals surface area (Å²) < 4.78 is 0. The minimum Gasteiger partial charge on any atom is -0.308 e. The van der Waals surface area contributed by atoms with Gasteiger partial charge in [-0.2, -0.15) is 0 Å². The van der Waals surface area contributed by atoms with Crippen LogP contribution in [0.25, 0.3) is 0 Å². The Kier molecular flexibility index (Phi) is 3.03. The lowest BCUT2D eigenvalue weighted by atomic mass is 10.1. The second-order valence-electron chi connectivity index (χ2n) is 3.03. The highest BCUT2D eigenvalue weighted by Crippen LogP contribution is 2.10. The van der Waals surface area contributed by atoms with Crippen LogP contribution in [0, 0.1) is 13.8 Å². The molecule has 0 spiro atoms. The van der Waals surface area contributed by atoms with E-state index in [0.717, 1.165) is 11.4 Å². The van der Waals surface area contributed by atoms with Crippen molar-refractivity contribution in [1.82, 2.24) is 5.43 Å². The third kappa shape index (κ3) is 2.06. The molecule has 0 heterocycles. The van der Waals surface area contributed by atoms with Crippen molar-refractivity contribution in [2.75, 3.05) is 7.05 Å². The van der Waals surface area contributed by atoms with Gasteiger partial charge in [-0.25, -0.2) is 5.84 Å². The fourth-order valence-electron chi connectivity index (χ4n) is 1.25. The van der Waals surface area contributed by atoms with Gasteiger partial charge in [-0.3, -0.25) is 4.99 Å².